The Kier molecular flexibility index (Phi) is 4.67. The highest BCUT2D eigenvalue weighted by Crippen LogP contribution is 2.28. The van der Waals surface area contributed by atoms with Crippen LogP contribution in [0.2, 0.25) is 0 Å². The standard InChI is InChI=1S/C14H24N4O2/c15-16-13(14-10-19-7-8-20-14)9-11-5-6-18(17-11)12-3-1-2-4-12/h5-6,12-14,16H,1-4,7-10,15H2. The molecule has 0 spiro atoms. The number of rotatable bonds is 5. The molecule has 112 valence electrons. The van der Waals surface area contributed by atoms with E-state index >= 15 is 0 Å². The highest BCUT2D eigenvalue weighted by Gasteiger charge is 2.25. The van der Waals surface area contributed by atoms with E-state index in [-0.39, 0.29) is 12.1 Å². The van der Waals surface area contributed by atoms with Gasteiger partial charge in [-0.2, -0.15) is 5.10 Å². The lowest BCUT2D eigenvalue weighted by atomic mass is 10.1. The highest BCUT2D eigenvalue weighted by molar-refractivity contribution is 5.04. The van der Waals surface area contributed by atoms with E-state index in [4.69, 9.17) is 20.4 Å². The van der Waals surface area contributed by atoms with Crippen LogP contribution in [0.3, 0.4) is 0 Å². The van der Waals surface area contributed by atoms with E-state index in [0.29, 0.717) is 25.9 Å². The first kappa shape index (κ1) is 14.0. The number of hydrazine groups is 1. The van der Waals surface area contributed by atoms with Gasteiger partial charge < -0.3 is 9.47 Å². The van der Waals surface area contributed by atoms with Gasteiger partial charge in [-0.3, -0.25) is 16.0 Å². The zero-order valence-corrected chi connectivity index (χ0v) is 11.8. The fourth-order valence-corrected chi connectivity index (χ4v) is 3.12. The molecule has 2 atom stereocenters. The number of hydrogen-bond acceptors (Lipinski definition) is 5. The van der Waals surface area contributed by atoms with Crippen molar-refractivity contribution in [1.29, 1.82) is 0 Å². The largest absolute Gasteiger partial charge is 0.376 e. The van der Waals surface area contributed by atoms with E-state index in [2.05, 4.69) is 22.4 Å². The predicted octanol–water partition coefficient (Wildman–Crippen LogP) is 0.788. The Bertz CT molecular complexity index is 411. The average Bonchev–Trinajstić information content (AvgIpc) is 3.16. The van der Waals surface area contributed by atoms with Crippen molar-refractivity contribution < 1.29 is 9.47 Å². The Balaban J connectivity index is 1.60. The molecule has 1 aromatic rings. The average molecular weight is 280 g/mol. The van der Waals surface area contributed by atoms with Crippen LogP contribution in [0.5, 0.6) is 0 Å². The molecule has 0 bridgehead atoms. The van der Waals surface area contributed by atoms with E-state index in [1.807, 2.05) is 0 Å². The molecule has 2 unspecified atom stereocenters. The Hall–Kier alpha value is -0.950. The topological polar surface area (TPSA) is 74.3 Å². The maximum absolute atomic E-state index is 5.71. The van der Waals surface area contributed by atoms with Crippen molar-refractivity contribution in [2.24, 2.45) is 5.84 Å². The lowest BCUT2D eigenvalue weighted by Crippen LogP contribution is -2.50. The zero-order valence-electron chi connectivity index (χ0n) is 11.8. The van der Waals surface area contributed by atoms with Gasteiger partial charge in [0.25, 0.3) is 0 Å². The van der Waals surface area contributed by atoms with E-state index in [0.717, 1.165) is 12.1 Å². The summed E-state index contributed by atoms with van der Waals surface area (Å²) in [5.41, 5.74) is 3.91. The Morgan fingerprint density at radius 1 is 1.40 bits per heavy atom. The van der Waals surface area contributed by atoms with E-state index in [1.54, 1.807) is 0 Å². The fraction of sp³-hybridized carbons (Fsp3) is 0.786. The predicted molar refractivity (Wildman–Crippen MR) is 75.1 cm³/mol. The molecular formula is C14H24N4O2. The van der Waals surface area contributed by atoms with Crippen molar-refractivity contribution in [3.8, 4) is 0 Å². The maximum Gasteiger partial charge on any atom is 0.0979 e. The van der Waals surface area contributed by atoms with Gasteiger partial charge in [0.2, 0.25) is 0 Å². The summed E-state index contributed by atoms with van der Waals surface area (Å²) in [4.78, 5) is 0. The van der Waals surface area contributed by atoms with Crippen molar-refractivity contribution in [3.05, 3.63) is 18.0 Å². The SMILES string of the molecule is NNC(Cc1ccn(C2CCCC2)n1)C1COCCO1. The smallest absolute Gasteiger partial charge is 0.0979 e. The van der Waals surface area contributed by atoms with Crippen molar-refractivity contribution in [3.63, 3.8) is 0 Å². The molecule has 6 nitrogen and oxygen atoms in total. The molecule has 1 aliphatic heterocycles. The molecule has 2 fully saturated rings. The van der Waals surface area contributed by atoms with Crippen LogP contribution in [0.25, 0.3) is 0 Å². The summed E-state index contributed by atoms with van der Waals surface area (Å²) in [5, 5.41) is 4.70. The number of nitrogens with two attached hydrogens (primary N) is 1. The molecule has 0 radical (unpaired) electrons. The summed E-state index contributed by atoms with van der Waals surface area (Å²) in [7, 11) is 0. The Morgan fingerprint density at radius 3 is 2.95 bits per heavy atom. The molecule has 2 aliphatic rings. The molecule has 1 aliphatic carbocycles. The van der Waals surface area contributed by atoms with Crippen LogP contribution in [0, 0.1) is 0 Å². The number of nitrogens with zero attached hydrogens (tertiary/aromatic N) is 2. The van der Waals surface area contributed by atoms with E-state index in [1.165, 1.54) is 25.7 Å². The minimum Gasteiger partial charge on any atom is -0.376 e. The monoisotopic (exact) mass is 280 g/mol. The number of ether oxygens (including phenoxy) is 2. The van der Waals surface area contributed by atoms with Gasteiger partial charge in [-0.05, 0) is 18.9 Å². The third kappa shape index (κ3) is 3.20. The lowest BCUT2D eigenvalue weighted by Gasteiger charge is -2.29. The van der Waals surface area contributed by atoms with E-state index in [9.17, 15) is 0 Å². The molecule has 3 N–H and O–H groups in total. The summed E-state index contributed by atoms with van der Waals surface area (Å²) in [6, 6.07) is 2.72. The Morgan fingerprint density at radius 2 is 2.25 bits per heavy atom. The molecule has 3 rings (SSSR count). The molecular weight excluding hydrogens is 256 g/mol. The molecule has 6 heteroatoms. The van der Waals surface area contributed by atoms with Crippen molar-refractivity contribution >= 4 is 0 Å². The Labute approximate surface area is 119 Å². The fourth-order valence-electron chi connectivity index (χ4n) is 3.12. The molecule has 2 heterocycles. The number of aromatic nitrogens is 2. The minimum absolute atomic E-state index is 0.00498. The van der Waals surface area contributed by atoms with Crippen LogP contribution in [0.4, 0.5) is 0 Å². The molecule has 20 heavy (non-hydrogen) atoms. The molecule has 0 amide bonds. The summed E-state index contributed by atoms with van der Waals surface area (Å²) in [6.07, 6.45) is 8.01. The van der Waals surface area contributed by atoms with Gasteiger partial charge in [-0.1, -0.05) is 12.8 Å². The van der Waals surface area contributed by atoms with Crippen molar-refractivity contribution in [1.82, 2.24) is 15.2 Å². The first-order valence-electron chi connectivity index (χ1n) is 7.56. The summed E-state index contributed by atoms with van der Waals surface area (Å²) in [5.74, 6) is 5.66. The maximum atomic E-state index is 5.71. The van der Waals surface area contributed by atoms with Crippen LogP contribution in [0.1, 0.15) is 37.4 Å². The summed E-state index contributed by atoms with van der Waals surface area (Å²) >= 11 is 0. The van der Waals surface area contributed by atoms with Gasteiger partial charge in [0.15, 0.2) is 0 Å². The first-order valence-corrected chi connectivity index (χ1v) is 7.56. The second-order valence-electron chi connectivity index (χ2n) is 5.69. The van der Waals surface area contributed by atoms with Crippen LogP contribution in [0.15, 0.2) is 12.3 Å². The first-order chi connectivity index (χ1) is 9.86. The molecule has 1 aromatic heterocycles. The second-order valence-corrected chi connectivity index (χ2v) is 5.69. The van der Waals surface area contributed by atoms with Gasteiger partial charge in [-0.15, -0.1) is 0 Å². The summed E-state index contributed by atoms with van der Waals surface area (Å²) in [6.45, 7) is 1.90. The lowest BCUT2D eigenvalue weighted by molar-refractivity contribution is -0.101. The minimum atomic E-state index is 0.00498. The number of nitrogens with one attached hydrogen (secondary N) is 1. The van der Waals surface area contributed by atoms with Gasteiger partial charge in [0, 0.05) is 12.6 Å². The third-order valence-electron chi connectivity index (χ3n) is 4.30. The number of hydrogen-bond donors (Lipinski definition) is 2. The second kappa shape index (κ2) is 6.67. The van der Waals surface area contributed by atoms with Gasteiger partial charge in [0.1, 0.15) is 0 Å². The molecule has 1 saturated heterocycles. The molecule has 0 aromatic carbocycles. The van der Waals surface area contributed by atoms with Gasteiger partial charge >= 0.3 is 0 Å². The third-order valence-corrected chi connectivity index (χ3v) is 4.30. The van der Waals surface area contributed by atoms with Gasteiger partial charge in [-0.25, -0.2) is 0 Å². The van der Waals surface area contributed by atoms with Crippen molar-refractivity contribution in [2.75, 3.05) is 19.8 Å². The zero-order chi connectivity index (χ0) is 13.8. The quantitative estimate of drug-likeness (QED) is 0.616. The van der Waals surface area contributed by atoms with E-state index < -0.39 is 0 Å². The highest BCUT2D eigenvalue weighted by atomic mass is 16.6. The normalized spacial score (nSPS) is 25.9. The van der Waals surface area contributed by atoms with Crippen LogP contribution >= 0.6 is 0 Å². The van der Waals surface area contributed by atoms with Gasteiger partial charge in [0.05, 0.1) is 43.7 Å². The van der Waals surface area contributed by atoms with Crippen LogP contribution < -0.4 is 11.3 Å². The van der Waals surface area contributed by atoms with Crippen LogP contribution in [-0.4, -0.2) is 41.7 Å². The summed E-state index contributed by atoms with van der Waals surface area (Å²) < 4.78 is 13.3. The van der Waals surface area contributed by atoms with Crippen molar-refractivity contribution in [2.45, 2.75) is 50.3 Å². The van der Waals surface area contributed by atoms with Crippen LogP contribution in [-0.2, 0) is 15.9 Å². The molecule has 1 saturated carbocycles.